The third-order valence-corrected chi connectivity index (χ3v) is 8.15. The quantitative estimate of drug-likeness (QED) is 0.349. The fraction of sp³-hybridized carbons (Fsp3) is 0.174. The number of para-hydroxylation sites is 1. The van der Waals surface area contributed by atoms with Crippen LogP contribution in [0.3, 0.4) is 0 Å². The number of carbonyl (C=O) groups is 2. The lowest BCUT2D eigenvalue weighted by Crippen LogP contribution is -2.33. The minimum absolute atomic E-state index is 0.0455. The number of aromatic nitrogens is 1. The van der Waals surface area contributed by atoms with Crippen LogP contribution in [-0.4, -0.2) is 28.2 Å². The van der Waals surface area contributed by atoms with E-state index in [2.05, 4.69) is 5.32 Å². The van der Waals surface area contributed by atoms with Crippen LogP contribution in [0.15, 0.2) is 42.5 Å². The first kappa shape index (κ1) is 21.4. The topological polar surface area (TPSA) is 62.3 Å². The van der Waals surface area contributed by atoms with Crippen molar-refractivity contribution in [1.82, 2.24) is 9.88 Å². The van der Waals surface area contributed by atoms with Gasteiger partial charge in [0.05, 0.1) is 27.3 Å². The third-order valence-electron chi connectivity index (χ3n) is 5.41. The maximum absolute atomic E-state index is 13.1. The smallest absolute Gasteiger partial charge is 0.257 e. The van der Waals surface area contributed by atoms with Crippen molar-refractivity contribution >= 4 is 72.9 Å². The molecule has 9 heteroatoms. The van der Waals surface area contributed by atoms with Crippen molar-refractivity contribution in [2.24, 2.45) is 0 Å². The molecule has 1 N–H and O–H groups in total. The maximum Gasteiger partial charge on any atom is 0.257 e. The standard InChI is InChI=1S/C23H17Cl2N3O2S2/c1-12(29)28-9-8-15-19(11-28)32-23(27-21(30)14-7-6-13(24)10-16(14)25)20(15)22-26-17-4-2-3-5-18(17)31-22/h2-7,10H,8-9,11H2,1H3,(H,27,30). The van der Waals surface area contributed by atoms with E-state index in [0.29, 0.717) is 35.1 Å². The van der Waals surface area contributed by atoms with Gasteiger partial charge in [-0.15, -0.1) is 22.7 Å². The van der Waals surface area contributed by atoms with Gasteiger partial charge in [-0.25, -0.2) is 4.98 Å². The summed E-state index contributed by atoms with van der Waals surface area (Å²) in [6.45, 7) is 2.76. The van der Waals surface area contributed by atoms with Crippen molar-refractivity contribution in [3.63, 3.8) is 0 Å². The first-order valence-electron chi connectivity index (χ1n) is 9.93. The van der Waals surface area contributed by atoms with Gasteiger partial charge in [-0.3, -0.25) is 9.59 Å². The summed E-state index contributed by atoms with van der Waals surface area (Å²) in [5.41, 5.74) is 3.35. The van der Waals surface area contributed by atoms with Crippen molar-refractivity contribution in [3.05, 3.63) is 68.5 Å². The van der Waals surface area contributed by atoms with Crippen LogP contribution in [0, 0.1) is 0 Å². The van der Waals surface area contributed by atoms with Gasteiger partial charge >= 0.3 is 0 Å². The summed E-state index contributed by atoms with van der Waals surface area (Å²) in [7, 11) is 0. The predicted octanol–water partition coefficient (Wildman–Crippen LogP) is 6.49. The summed E-state index contributed by atoms with van der Waals surface area (Å²) < 4.78 is 1.08. The summed E-state index contributed by atoms with van der Waals surface area (Å²) in [4.78, 5) is 32.7. The molecule has 2 amide bonds. The van der Waals surface area contributed by atoms with E-state index in [0.717, 1.165) is 36.2 Å². The molecule has 4 aromatic rings. The highest BCUT2D eigenvalue weighted by atomic mass is 35.5. The molecule has 0 bridgehead atoms. The second-order valence-corrected chi connectivity index (χ2v) is 10.4. The Morgan fingerprint density at radius 1 is 1.12 bits per heavy atom. The third kappa shape index (κ3) is 3.90. The number of anilines is 1. The van der Waals surface area contributed by atoms with E-state index in [9.17, 15) is 9.59 Å². The van der Waals surface area contributed by atoms with Gasteiger partial charge in [0.15, 0.2) is 0 Å². The number of hydrogen-bond donors (Lipinski definition) is 1. The van der Waals surface area contributed by atoms with Crippen LogP contribution in [0.2, 0.25) is 10.0 Å². The summed E-state index contributed by atoms with van der Waals surface area (Å²) in [5, 5.41) is 5.39. The first-order chi connectivity index (χ1) is 15.4. The zero-order valence-electron chi connectivity index (χ0n) is 16.9. The molecule has 32 heavy (non-hydrogen) atoms. The molecule has 162 valence electrons. The highest BCUT2D eigenvalue weighted by Crippen LogP contribution is 2.46. The minimum Gasteiger partial charge on any atom is -0.337 e. The molecule has 1 aliphatic rings. The van der Waals surface area contributed by atoms with Gasteiger partial charge in [0.25, 0.3) is 5.91 Å². The molecule has 0 fully saturated rings. The van der Waals surface area contributed by atoms with Crippen molar-refractivity contribution in [2.45, 2.75) is 19.9 Å². The summed E-state index contributed by atoms with van der Waals surface area (Å²) in [6, 6.07) is 12.8. The van der Waals surface area contributed by atoms with E-state index in [1.54, 1.807) is 36.5 Å². The molecule has 0 spiro atoms. The van der Waals surface area contributed by atoms with Crippen molar-refractivity contribution < 1.29 is 9.59 Å². The highest BCUT2D eigenvalue weighted by molar-refractivity contribution is 7.23. The van der Waals surface area contributed by atoms with E-state index < -0.39 is 0 Å². The molecule has 2 aromatic heterocycles. The average Bonchev–Trinajstić information content (AvgIpc) is 3.33. The van der Waals surface area contributed by atoms with Gasteiger partial charge in [0.2, 0.25) is 5.91 Å². The van der Waals surface area contributed by atoms with Crippen molar-refractivity contribution in [2.75, 3.05) is 11.9 Å². The van der Waals surface area contributed by atoms with Gasteiger partial charge in [0.1, 0.15) is 10.0 Å². The second kappa shape index (κ2) is 8.48. The molecular weight excluding hydrogens is 485 g/mol. The fourth-order valence-corrected chi connectivity index (χ4v) is 6.67. The van der Waals surface area contributed by atoms with E-state index in [4.69, 9.17) is 28.2 Å². The number of benzene rings is 2. The summed E-state index contributed by atoms with van der Waals surface area (Å²) >= 11 is 15.3. The van der Waals surface area contributed by atoms with Gasteiger partial charge in [0, 0.05) is 28.9 Å². The van der Waals surface area contributed by atoms with E-state index in [1.807, 2.05) is 29.2 Å². The number of thiophene rings is 1. The number of halogens is 2. The number of rotatable bonds is 3. The summed E-state index contributed by atoms with van der Waals surface area (Å²) in [5.74, 6) is -0.264. The Hall–Kier alpha value is -2.45. The molecule has 1 aliphatic heterocycles. The molecule has 0 aliphatic carbocycles. The second-order valence-electron chi connectivity index (χ2n) is 7.46. The van der Waals surface area contributed by atoms with E-state index >= 15 is 0 Å². The predicted molar refractivity (Wildman–Crippen MR) is 132 cm³/mol. The zero-order valence-corrected chi connectivity index (χ0v) is 20.1. The van der Waals surface area contributed by atoms with Crippen molar-refractivity contribution in [1.29, 1.82) is 0 Å². The Morgan fingerprint density at radius 3 is 2.69 bits per heavy atom. The van der Waals surface area contributed by atoms with E-state index in [1.165, 1.54) is 11.3 Å². The normalized spacial score (nSPS) is 13.3. The van der Waals surface area contributed by atoms with Crippen LogP contribution >= 0.6 is 45.9 Å². The molecule has 5 nitrogen and oxygen atoms in total. The number of nitrogens with one attached hydrogen (secondary N) is 1. The Balaban J connectivity index is 1.59. The van der Waals surface area contributed by atoms with Crippen LogP contribution in [0.5, 0.6) is 0 Å². The largest absolute Gasteiger partial charge is 0.337 e. The molecule has 3 heterocycles. The molecule has 0 unspecified atom stereocenters. The zero-order chi connectivity index (χ0) is 22.4. The monoisotopic (exact) mass is 501 g/mol. The van der Waals surface area contributed by atoms with Crippen LogP contribution in [0.4, 0.5) is 5.00 Å². The van der Waals surface area contributed by atoms with E-state index in [-0.39, 0.29) is 11.8 Å². The number of amides is 2. The van der Waals surface area contributed by atoms with Gasteiger partial charge in [-0.2, -0.15) is 0 Å². The maximum atomic E-state index is 13.1. The fourth-order valence-electron chi connectivity index (χ4n) is 3.81. The number of hydrogen-bond acceptors (Lipinski definition) is 5. The van der Waals surface area contributed by atoms with Crippen LogP contribution in [0.25, 0.3) is 20.8 Å². The molecule has 0 saturated carbocycles. The number of nitrogens with zero attached hydrogens (tertiary/aromatic N) is 2. The van der Waals surface area contributed by atoms with Gasteiger partial charge in [-0.05, 0) is 42.3 Å². The van der Waals surface area contributed by atoms with Crippen LogP contribution in [0.1, 0.15) is 27.7 Å². The van der Waals surface area contributed by atoms with Crippen LogP contribution < -0.4 is 5.32 Å². The lowest BCUT2D eigenvalue weighted by Gasteiger charge is -2.26. The lowest BCUT2D eigenvalue weighted by molar-refractivity contribution is -0.129. The Kier molecular flexibility index (Phi) is 5.67. The average molecular weight is 502 g/mol. The first-order valence-corrected chi connectivity index (χ1v) is 12.3. The van der Waals surface area contributed by atoms with Gasteiger partial charge in [-0.1, -0.05) is 35.3 Å². The Labute approximate surface area is 202 Å². The molecule has 0 atom stereocenters. The minimum atomic E-state index is -0.309. The van der Waals surface area contributed by atoms with Crippen molar-refractivity contribution in [3.8, 4) is 10.6 Å². The van der Waals surface area contributed by atoms with Crippen LogP contribution in [-0.2, 0) is 17.8 Å². The number of carbonyl (C=O) groups excluding carboxylic acids is 2. The lowest BCUT2D eigenvalue weighted by atomic mass is 10.0. The Bertz CT molecular complexity index is 1350. The van der Waals surface area contributed by atoms with Gasteiger partial charge < -0.3 is 10.2 Å². The SMILES string of the molecule is CC(=O)N1CCc2c(sc(NC(=O)c3ccc(Cl)cc3Cl)c2-c2nc3ccccc3s2)C1. The molecule has 0 saturated heterocycles. The molecular formula is C23H17Cl2N3O2S2. The highest BCUT2D eigenvalue weighted by Gasteiger charge is 2.29. The molecule has 0 radical (unpaired) electrons. The summed E-state index contributed by atoms with van der Waals surface area (Å²) in [6.07, 6.45) is 0.717. The molecule has 5 rings (SSSR count). The Morgan fingerprint density at radius 2 is 1.94 bits per heavy atom. The number of fused-ring (bicyclic) bond motifs is 2. The molecule has 2 aromatic carbocycles. The number of thiazole rings is 1.